The Bertz CT molecular complexity index is 929. The topological polar surface area (TPSA) is 30.7 Å². The molecule has 2 heterocycles. The summed E-state index contributed by atoms with van der Waals surface area (Å²) < 4.78 is 78.1. The molecule has 0 saturated carbocycles. The van der Waals surface area contributed by atoms with E-state index in [0.717, 1.165) is 18.3 Å². The van der Waals surface area contributed by atoms with Crippen molar-refractivity contribution >= 4 is 22.8 Å². The fraction of sp³-hybridized carbons (Fsp3) is 0.200. The van der Waals surface area contributed by atoms with Crippen LogP contribution in [0.5, 0.6) is 0 Å². The van der Waals surface area contributed by atoms with Gasteiger partial charge in [0.05, 0.1) is 16.6 Å². The number of nitrogens with zero attached hydrogens (tertiary/aromatic N) is 3. The number of rotatable bonds is 2. The van der Waals surface area contributed by atoms with Crippen molar-refractivity contribution < 1.29 is 26.3 Å². The van der Waals surface area contributed by atoms with E-state index >= 15 is 0 Å². The standard InChI is InChI=1S/C15H9F6N3S/c1-24-11-3-2-8(14(16,17)18)6-10(11)23-13(24)9-4-5-22-7-12(9)25-15(19,20)21/h2-7H,1H3. The van der Waals surface area contributed by atoms with Gasteiger partial charge in [-0.2, -0.15) is 26.3 Å². The fourth-order valence-electron chi connectivity index (χ4n) is 2.39. The molecule has 0 atom stereocenters. The van der Waals surface area contributed by atoms with Gasteiger partial charge >= 0.3 is 11.7 Å². The van der Waals surface area contributed by atoms with E-state index in [0.29, 0.717) is 5.52 Å². The molecule has 3 rings (SSSR count). The quantitative estimate of drug-likeness (QED) is 0.451. The Morgan fingerprint density at radius 3 is 2.40 bits per heavy atom. The van der Waals surface area contributed by atoms with Gasteiger partial charge in [0.15, 0.2) is 0 Å². The van der Waals surface area contributed by atoms with Crippen LogP contribution in [0.15, 0.2) is 41.6 Å². The van der Waals surface area contributed by atoms with Crippen LogP contribution in [-0.4, -0.2) is 20.0 Å². The van der Waals surface area contributed by atoms with E-state index in [1.165, 1.54) is 29.9 Å². The Morgan fingerprint density at radius 1 is 1.04 bits per heavy atom. The van der Waals surface area contributed by atoms with Crippen LogP contribution in [0.25, 0.3) is 22.4 Å². The molecule has 132 valence electrons. The van der Waals surface area contributed by atoms with Gasteiger partial charge in [0, 0.05) is 29.9 Å². The van der Waals surface area contributed by atoms with Gasteiger partial charge in [-0.05, 0) is 36.0 Å². The smallest absolute Gasteiger partial charge is 0.327 e. The SMILES string of the molecule is Cn1c(-c2ccncc2SC(F)(F)F)nc2cc(C(F)(F)F)ccc21. The number of aromatic nitrogens is 3. The molecule has 0 saturated heterocycles. The van der Waals surface area contributed by atoms with Crippen molar-refractivity contribution in [3.05, 3.63) is 42.2 Å². The maximum Gasteiger partial charge on any atom is 0.446 e. The lowest BCUT2D eigenvalue weighted by molar-refractivity contribution is -0.137. The van der Waals surface area contributed by atoms with E-state index in [4.69, 9.17) is 0 Å². The molecule has 0 aliphatic carbocycles. The summed E-state index contributed by atoms with van der Waals surface area (Å²) in [6, 6.07) is 4.37. The third kappa shape index (κ3) is 3.58. The van der Waals surface area contributed by atoms with Crippen molar-refractivity contribution in [3.8, 4) is 11.4 Å². The maximum absolute atomic E-state index is 12.8. The van der Waals surface area contributed by atoms with Gasteiger partial charge in [0.2, 0.25) is 0 Å². The minimum absolute atomic E-state index is 0.0482. The first-order chi connectivity index (χ1) is 11.6. The average Bonchev–Trinajstić information content (AvgIpc) is 2.82. The van der Waals surface area contributed by atoms with E-state index in [1.807, 2.05) is 0 Å². The molecule has 25 heavy (non-hydrogen) atoms. The lowest BCUT2D eigenvalue weighted by Gasteiger charge is -2.10. The minimum atomic E-state index is -4.53. The van der Waals surface area contributed by atoms with Crippen molar-refractivity contribution in [1.29, 1.82) is 0 Å². The molecule has 0 amide bonds. The number of alkyl halides is 6. The molecule has 0 spiro atoms. The van der Waals surface area contributed by atoms with E-state index in [1.54, 1.807) is 0 Å². The Morgan fingerprint density at radius 2 is 1.76 bits per heavy atom. The van der Waals surface area contributed by atoms with Gasteiger partial charge in [-0.3, -0.25) is 4.98 Å². The predicted octanol–water partition coefficient (Wildman–Crippen LogP) is 5.27. The van der Waals surface area contributed by atoms with Gasteiger partial charge in [-0.1, -0.05) is 0 Å². The summed E-state index contributed by atoms with van der Waals surface area (Å²) in [5.41, 5.74) is -4.82. The Kier molecular flexibility index (Phi) is 4.18. The summed E-state index contributed by atoms with van der Waals surface area (Å²) in [6.07, 6.45) is -2.18. The lowest BCUT2D eigenvalue weighted by atomic mass is 10.2. The van der Waals surface area contributed by atoms with Gasteiger partial charge in [0.1, 0.15) is 5.82 Å². The highest BCUT2D eigenvalue weighted by molar-refractivity contribution is 8.00. The molecular weight excluding hydrogens is 368 g/mol. The molecule has 10 heteroatoms. The van der Waals surface area contributed by atoms with E-state index in [2.05, 4.69) is 9.97 Å². The first-order valence-corrected chi connectivity index (χ1v) is 7.62. The predicted molar refractivity (Wildman–Crippen MR) is 80.9 cm³/mol. The van der Waals surface area contributed by atoms with Crippen LogP contribution in [0.4, 0.5) is 26.3 Å². The highest BCUT2D eigenvalue weighted by Gasteiger charge is 2.32. The molecule has 0 fully saturated rings. The monoisotopic (exact) mass is 377 g/mol. The lowest BCUT2D eigenvalue weighted by Crippen LogP contribution is -2.04. The fourth-order valence-corrected chi connectivity index (χ4v) is 3.02. The number of pyridine rings is 1. The highest BCUT2D eigenvalue weighted by atomic mass is 32.2. The molecule has 0 aliphatic heterocycles. The summed E-state index contributed by atoms with van der Waals surface area (Å²) in [4.78, 5) is 7.60. The van der Waals surface area contributed by atoms with Crippen LogP contribution < -0.4 is 0 Å². The third-order valence-electron chi connectivity index (χ3n) is 3.46. The minimum Gasteiger partial charge on any atom is -0.327 e. The van der Waals surface area contributed by atoms with Crippen molar-refractivity contribution in [2.75, 3.05) is 0 Å². The van der Waals surface area contributed by atoms with Gasteiger partial charge in [-0.25, -0.2) is 4.98 Å². The van der Waals surface area contributed by atoms with Crippen LogP contribution in [0.1, 0.15) is 5.56 Å². The first kappa shape index (κ1) is 17.6. The molecule has 3 nitrogen and oxygen atoms in total. The zero-order chi connectivity index (χ0) is 18.4. The first-order valence-electron chi connectivity index (χ1n) is 6.80. The summed E-state index contributed by atoms with van der Waals surface area (Å²) >= 11 is -0.348. The van der Waals surface area contributed by atoms with Crippen LogP contribution >= 0.6 is 11.8 Å². The van der Waals surface area contributed by atoms with Crippen molar-refractivity contribution in [3.63, 3.8) is 0 Å². The molecule has 0 aliphatic rings. The highest BCUT2D eigenvalue weighted by Crippen LogP contribution is 2.41. The number of thioether (sulfide) groups is 1. The molecule has 0 unspecified atom stereocenters. The number of fused-ring (bicyclic) bond motifs is 1. The Labute approximate surface area is 141 Å². The summed E-state index contributed by atoms with van der Waals surface area (Å²) in [5.74, 6) is 0.128. The molecule has 2 aromatic heterocycles. The molecule has 0 radical (unpaired) electrons. The molecule has 0 bridgehead atoms. The summed E-state index contributed by atoms with van der Waals surface area (Å²) in [5, 5.41) is 0. The number of halogens is 6. The van der Waals surface area contributed by atoms with Crippen molar-refractivity contribution in [2.45, 2.75) is 16.6 Å². The third-order valence-corrected chi connectivity index (χ3v) is 4.24. The van der Waals surface area contributed by atoms with E-state index < -0.39 is 17.2 Å². The number of hydrogen-bond donors (Lipinski definition) is 0. The molecular formula is C15H9F6N3S. The molecule has 0 N–H and O–H groups in total. The number of benzene rings is 1. The average molecular weight is 377 g/mol. The van der Waals surface area contributed by atoms with Crippen molar-refractivity contribution in [2.24, 2.45) is 7.05 Å². The summed E-state index contributed by atoms with van der Waals surface area (Å²) in [6.45, 7) is 0. The second-order valence-corrected chi connectivity index (χ2v) is 6.22. The largest absolute Gasteiger partial charge is 0.446 e. The number of aryl methyl sites for hydroxylation is 1. The van der Waals surface area contributed by atoms with Gasteiger partial charge in [0.25, 0.3) is 0 Å². The van der Waals surface area contributed by atoms with Crippen molar-refractivity contribution in [1.82, 2.24) is 14.5 Å². The van der Waals surface area contributed by atoms with E-state index in [-0.39, 0.29) is 33.6 Å². The Balaban J connectivity index is 2.16. The van der Waals surface area contributed by atoms with Crippen LogP contribution in [-0.2, 0) is 13.2 Å². The van der Waals surface area contributed by atoms with Crippen LogP contribution in [0.2, 0.25) is 0 Å². The van der Waals surface area contributed by atoms with Crippen LogP contribution in [0.3, 0.4) is 0 Å². The molecule has 3 aromatic rings. The zero-order valence-electron chi connectivity index (χ0n) is 12.5. The van der Waals surface area contributed by atoms with E-state index in [9.17, 15) is 26.3 Å². The molecule has 1 aromatic carbocycles. The number of hydrogen-bond acceptors (Lipinski definition) is 3. The van der Waals surface area contributed by atoms with Gasteiger partial charge < -0.3 is 4.57 Å². The maximum atomic E-state index is 12.8. The second kappa shape index (κ2) is 5.94. The zero-order valence-corrected chi connectivity index (χ0v) is 13.3. The Hall–Kier alpha value is -2.23. The second-order valence-electron chi connectivity index (χ2n) is 5.12. The number of imidazole rings is 1. The van der Waals surface area contributed by atoms with Crippen LogP contribution in [0, 0.1) is 0 Å². The normalized spacial score (nSPS) is 12.8. The van der Waals surface area contributed by atoms with Gasteiger partial charge in [-0.15, -0.1) is 0 Å². The summed E-state index contributed by atoms with van der Waals surface area (Å²) in [7, 11) is 1.53.